The number of hydrogen-bond acceptors (Lipinski definition) is 2. The number of aromatic nitrogens is 3. The van der Waals surface area contributed by atoms with E-state index in [4.69, 9.17) is 9.40 Å². The fourth-order valence-electron chi connectivity index (χ4n) is 7.24. The first kappa shape index (κ1) is 24.3. The minimum absolute atomic E-state index is 0.876. The molecule has 210 valence electrons. The van der Waals surface area contributed by atoms with E-state index in [1.807, 2.05) is 18.3 Å². The highest BCUT2D eigenvalue weighted by molar-refractivity contribution is 6.26. The third-order valence-electron chi connectivity index (χ3n) is 9.16. The minimum atomic E-state index is 0.876. The summed E-state index contributed by atoms with van der Waals surface area (Å²) in [6.07, 6.45) is 1.99. The number of para-hydroxylation sites is 3. The van der Waals surface area contributed by atoms with Gasteiger partial charge in [0, 0.05) is 32.8 Å². The van der Waals surface area contributed by atoms with E-state index in [-0.39, 0.29) is 0 Å². The Bertz CT molecular complexity index is 2750. The monoisotopic (exact) mass is 575 g/mol. The van der Waals surface area contributed by atoms with Crippen LogP contribution in [-0.4, -0.2) is 14.1 Å². The normalized spacial score (nSPS) is 12.0. The van der Waals surface area contributed by atoms with Crippen LogP contribution in [0.25, 0.3) is 88.2 Å². The number of pyridine rings is 1. The maximum absolute atomic E-state index is 6.51. The first-order chi connectivity index (χ1) is 22.3. The lowest BCUT2D eigenvalue weighted by molar-refractivity contribution is 0.664. The molecule has 6 aromatic carbocycles. The SMILES string of the molecule is c1ccc(-n2c3ccccc3c3cc(-c4ccc(-n5c6cccc7oc8ccccc8c8cccc5c8c76)cn4)ccc32)cc1. The molecular formula is C41H25N3O. The molecule has 0 N–H and O–H groups in total. The topological polar surface area (TPSA) is 35.9 Å². The number of fused-ring (bicyclic) bond motifs is 5. The zero-order valence-corrected chi connectivity index (χ0v) is 24.2. The van der Waals surface area contributed by atoms with Crippen LogP contribution in [0.4, 0.5) is 0 Å². The maximum Gasteiger partial charge on any atom is 0.137 e. The summed E-state index contributed by atoms with van der Waals surface area (Å²) < 4.78 is 11.2. The third kappa shape index (κ3) is 3.45. The van der Waals surface area contributed by atoms with E-state index in [0.29, 0.717) is 0 Å². The first-order valence-corrected chi connectivity index (χ1v) is 15.2. The largest absolute Gasteiger partial charge is 0.456 e. The van der Waals surface area contributed by atoms with Gasteiger partial charge in [-0.3, -0.25) is 4.98 Å². The van der Waals surface area contributed by atoms with Gasteiger partial charge in [0.05, 0.1) is 45.0 Å². The number of benzene rings is 6. The van der Waals surface area contributed by atoms with Crippen LogP contribution in [0.5, 0.6) is 0 Å². The van der Waals surface area contributed by atoms with Crippen molar-refractivity contribution < 1.29 is 4.42 Å². The Kier molecular flexibility index (Phi) is 4.96. The lowest BCUT2D eigenvalue weighted by Gasteiger charge is -2.10. The van der Waals surface area contributed by atoms with Gasteiger partial charge in [-0.05, 0) is 72.1 Å². The third-order valence-corrected chi connectivity index (χ3v) is 9.16. The summed E-state index contributed by atoms with van der Waals surface area (Å²) in [7, 11) is 0. The van der Waals surface area contributed by atoms with Crippen molar-refractivity contribution in [3.05, 3.63) is 152 Å². The average molecular weight is 576 g/mol. The van der Waals surface area contributed by atoms with Crippen LogP contribution in [0.3, 0.4) is 0 Å². The number of hydrogen-bond donors (Lipinski definition) is 0. The van der Waals surface area contributed by atoms with Crippen LogP contribution >= 0.6 is 0 Å². The van der Waals surface area contributed by atoms with E-state index in [0.717, 1.165) is 55.6 Å². The van der Waals surface area contributed by atoms with Crippen molar-refractivity contribution in [2.75, 3.05) is 0 Å². The molecule has 0 radical (unpaired) electrons. The van der Waals surface area contributed by atoms with Gasteiger partial charge < -0.3 is 13.6 Å². The highest BCUT2D eigenvalue weighted by atomic mass is 16.3. The smallest absolute Gasteiger partial charge is 0.137 e. The molecule has 0 bridgehead atoms. The summed E-state index contributed by atoms with van der Waals surface area (Å²) in [6.45, 7) is 0. The van der Waals surface area contributed by atoms with E-state index in [9.17, 15) is 0 Å². The Hall–Kier alpha value is -6.13. The molecule has 0 atom stereocenters. The van der Waals surface area contributed by atoms with Crippen molar-refractivity contribution in [1.29, 1.82) is 0 Å². The fraction of sp³-hybridized carbons (Fsp3) is 0. The van der Waals surface area contributed by atoms with Crippen LogP contribution < -0.4 is 0 Å². The van der Waals surface area contributed by atoms with Gasteiger partial charge in [0.25, 0.3) is 0 Å². The predicted octanol–water partition coefficient (Wildman–Crippen LogP) is 10.8. The molecule has 10 aromatic rings. The average Bonchev–Trinajstić information content (AvgIpc) is 3.57. The predicted molar refractivity (Wildman–Crippen MR) is 186 cm³/mol. The van der Waals surface area contributed by atoms with Gasteiger partial charge in [-0.15, -0.1) is 0 Å². The molecule has 4 heteroatoms. The van der Waals surface area contributed by atoms with Crippen molar-refractivity contribution in [3.63, 3.8) is 0 Å². The Balaban J connectivity index is 1.15. The molecule has 0 aliphatic heterocycles. The first-order valence-electron chi connectivity index (χ1n) is 15.2. The molecule has 0 unspecified atom stereocenters. The molecular weight excluding hydrogens is 550 g/mol. The summed E-state index contributed by atoms with van der Waals surface area (Å²) in [6, 6.07) is 51.3. The summed E-state index contributed by atoms with van der Waals surface area (Å²) in [5.41, 5.74) is 10.6. The molecule has 45 heavy (non-hydrogen) atoms. The maximum atomic E-state index is 6.51. The molecule has 10 rings (SSSR count). The van der Waals surface area contributed by atoms with Crippen LogP contribution in [-0.2, 0) is 0 Å². The molecule has 0 saturated heterocycles. The van der Waals surface area contributed by atoms with Gasteiger partial charge in [-0.1, -0.05) is 78.9 Å². The molecule has 4 heterocycles. The highest BCUT2D eigenvalue weighted by Crippen LogP contribution is 2.41. The Labute approximate surface area is 258 Å². The lowest BCUT2D eigenvalue weighted by atomic mass is 10.1. The van der Waals surface area contributed by atoms with Crippen LogP contribution in [0.1, 0.15) is 0 Å². The van der Waals surface area contributed by atoms with Crippen molar-refractivity contribution in [2.24, 2.45) is 0 Å². The van der Waals surface area contributed by atoms with Gasteiger partial charge in [-0.2, -0.15) is 0 Å². The van der Waals surface area contributed by atoms with Crippen molar-refractivity contribution in [3.8, 4) is 22.6 Å². The van der Waals surface area contributed by atoms with E-state index < -0.39 is 0 Å². The molecule has 0 aliphatic rings. The zero-order valence-electron chi connectivity index (χ0n) is 24.2. The minimum Gasteiger partial charge on any atom is -0.456 e. The van der Waals surface area contributed by atoms with Crippen LogP contribution in [0.2, 0.25) is 0 Å². The Morgan fingerprint density at radius 1 is 0.422 bits per heavy atom. The summed E-state index contributed by atoms with van der Waals surface area (Å²) in [4.78, 5) is 5.03. The van der Waals surface area contributed by atoms with Crippen LogP contribution in [0, 0.1) is 0 Å². The summed E-state index contributed by atoms with van der Waals surface area (Å²) in [5.74, 6) is 0. The van der Waals surface area contributed by atoms with Gasteiger partial charge in [0.1, 0.15) is 11.2 Å². The summed E-state index contributed by atoms with van der Waals surface area (Å²) >= 11 is 0. The molecule has 0 spiro atoms. The van der Waals surface area contributed by atoms with Gasteiger partial charge in [0.15, 0.2) is 0 Å². The highest BCUT2D eigenvalue weighted by Gasteiger charge is 2.19. The number of nitrogens with zero attached hydrogens (tertiary/aromatic N) is 3. The summed E-state index contributed by atoms with van der Waals surface area (Å²) in [5, 5.41) is 7.08. The Morgan fingerprint density at radius 3 is 1.96 bits per heavy atom. The fourth-order valence-corrected chi connectivity index (χ4v) is 7.24. The second kappa shape index (κ2) is 9.18. The second-order valence-electron chi connectivity index (χ2n) is 11.6. The van der Waals surface area contributed by atoms with Crippen LogP contribution in [0.15, 0.2) is 156 Å². The van der Waals surface area contributed by atoms with Crippen molar-refractivity contribution in [2.45, 2.75) is 0 Å². The standard InChI is InChI=1S/C41H25N3O/c1-2-10-27(11-3-1)43-34-15-6-4-12-29(34)32-24-26(20-23-35(32)43)33-22-21-28(25-42-33)44-36-16-8-14-31-30-13-5-7-18-38(30)45-39-19-9-17-37(44)41(39)40(31)36/h1-25H. The zero-order chi connectivity index (χ0) is 29.5. The molecule has 4 nitrogen and oxygen atoms in total. The van der Waals surface area contributed by atoms with E-state index in [1.165, 1.54) is 32.6 Å². The van der Waals surface area contributed by atoms with Gasteiger partial charge in [0.2, 0.25) is 0 Å². The molecule has 0 amide bonds. The second-order valence-corrected chi connectivity index (χ2v) is 11.6. The number of rotatable bonds is 3. The molecule has 0 saturated carbocycles. The van der Waals surface area contributed by atoms with Gasteiger partial charge >= 0.3 is 0 Å². The quantitative estimate of drug-likeness (QED) is 0.210. The molecule has 0 aliphatic carbocycles. The van der Waals surface area contributed by atoms with Gasteiger partial charge in [-0.25, -0.2) is 0 Å². The molecule has 4 aromatic heterocycles. The van der Waals surface area contributed by atoms with E-state index >= 15 is 0 Å². The Morgan fingerprint density at radius 2 is 1.09 bits per heavy atom. The van der Waals surface area contributed by atoms with Crippen molar-refractivity contribution >= 4 is 65.6 Å². The van der Waals surface area contributed by atoms with E-state index in [1.54, 1.807) is 0 Å². The molecule has 0 fully saturated rings. The van der Waals surface area contributed by atoms with Crippen molar-refractivity contribution in [1.82, 2.24) is 14.1 Å². The van der Waals surface area contributed by atoms with E-state index in [2.05, 4.69) is 143 Å². The lowest BCUT2D eigenvalue weighted by Crippen LogP contribution is -1.96.